The minimum atomic E-state index is 0.862. The summed E-state index contributed by atoms with van der Waals surface area (Å²) in [6.45, 7) is 9.29. The van der Waals surface area contributed by atoms with Crippen molar-refractivity contribution >= 4 is 0 Å². The van der Waals surface area contributed by atoms with Gasteiger partial charge in [0, 0.05) is 5.69 Å². The number of nitrogens with zero attached hydrogens (tertiary/aromatic N) is 2. The van der Waals surface area contributed by atoms with E-state index in [1.807, 2.05) is 0 Å². The summed E-state index contributed by atoms with van der Waals surface area (Å²) >= 11 is 0. The van der Waals surface area contributed by atoms with Gasteiger partial charge in [-0.3, -0.25) is 4.68 Å². The first-order valence-electron chi connectivity index (χ1n) is 5.64. The summed E-state index contributed by atoms with van der Waals surface area (Å²) < 4.78 is 2.08. The van der Waals surface area contributed by atoms with Crippen LogP contribution in [0.4, 0.5) is 0 Å². The molecule has 0 aliphatic heterocycles. The minimum absolute atomic E-state index is 0.862. The van der Waals surface area contributed by atoms with Crippen LogP contribution in [0.2, 0.25) is 0 Å². The van der Waals surface area contributed by atoms with Gasteiger partial charge in [0.2, 0.25) is 0 Å². The second kappa shape index (κ2) is 4.12. The van der Waals surface area contributed by atoms with Crippen molar-refractivity contribution in [1.29, 1.82) is 0 Å². The molecule has 0 aliphatic carbocycles. The van der Waals surface area contributed by atoms with E-state index < -0.39 is 0 Å². The molecule has 16 heavy (non-hydrogen) atoms. The maximum atomic E-state index is 4.54. The van der Waals surface area contributed by atoms with E-state index in [9.17, 15) is 0 Å². The summed E-state index contributed by atoms with van der Waals surface area (Å²) in [5.41, 5.74) is 6.29. The van der Waals surface area contributed by atoms with Gasteiger partial charge in [0.25, 0.3) is 0 Å². The maximum Gasteiger partial charge on any atom is 0.0662 e. The Kier molecular flexibility index (Phi) is 2.82. The topological polar surface area (TPSA) is 17.8 Å². The first-order valence-corrected chi connectivity index (χ1v) is 5.64. The molecule has 0 unspecified atom stereocenters. The molecule has 0 spiro atoms. The Hall–Kier alpha value is -1.57. The third-order valence-corrected chi connectivity index (χ3v) is 3.20. The van der Waals surface area contributed by atoms with Crippen LogP contribution in [0.25, 0.3) is 0 Å². The Labute approximate surface area is 96.9 Å². The molecule has 0 saturated carbocycles. The maximum absolute atomic E-state index is 4.54. The quantitative estimate of drug-likeness (QED) is 0.751. The van der Waals surface area contributed by atoms with Gasteiger partial charge in [-0.2, -0.15) is 5.10 Å². The molecule has 2 rings (SSSR count). The Morgan fingerprint density at radius 2 is 1.62 bits per heavy atom. The second-order valence-electron chi connectivity index (χ2n) is 4.44. The summed E-state index contributed by atoms with van der Waals surface area (Å²) in [6.07, 6.45) is 0. The van der Waals surface area contributed by atoms with E-state index in [2.05, 4.69) is 61.7 Å². The van der Waals surface area contributed by atoms with Gasteiger partial charge >= 0.3 is 0 Å². The van der Waals surface area contributed by atoms with Crippen LogP contribution in [-0.4, -0.2) is 9.78 Å². The highest BCUT2D eigenvalue weighted by Gasteiger charge is 2.06. The van der Waals surface area contributed by atoms with Crippen molar-refractivity contribution in [3.63, 3.8) is 0 Å². The van der Waals surface area contributed by atoms with Crippen LogP contribution in [-0.2, 0) is 6.54 Å². The van der Waals surface area contributed by atoms with Crippen molar-refractivity contribution in [2.24, 2.45) is 0 Å². The van der Waals surface area contributed by atoms with Gasteiger partial charge < -0.3 is 0 Å². The predicted octanol–water partition coefficient (Wildman–Crippen LogP) is 3.17. The average Bonchev–Trinajstić information content (AvgIpc) is 2.50. The molecule has 1 aromatic heterocycles. The largest absolute Gasteiger partial charge is 0.265 e. The van der Waals surface area contributed by atoms with Crippen LogP contribution in [0, 0.1) is 27.7 Å². The lowest BCUT2D eigenvalue weighted by molar-refractivity contribution is 0.658. The van der Waals surface area contributed by atoms with Crippen LogP contribution < -0.4 is 0 Å². The highest BCUT2D eigenvalue weighted by Crippen LogP contribution is 2.13. The third-order valence-electron chi connectivity index (χ3n) is 3.20. The number of aromatic nitrogens is 2. The fraction of sp³-hybridized carbons (Fsp3) is 0.357. The summed E-state index contributed by atoms with van der Waals surface area (Å²) in [5.74, 6) is 0. The van der Waals surface area contributed by atoms with Crippen LogP contribution in [0.3, 0.4) is 0 Å². The van der Waals surface area contributed by atoms with Crippen molar-refractivity contribution in [1.82, 2.24) is 9.78 Å². The molecular formula is C14H18N2. The molecule has 0 N–H and O–H groups in total. The van der Waals surface area contributed by atoms with Crippen LogP contribution >= 0.6 is 0 Å². The summed E-state index contributed by atoms with van der Waals surface area (Å²) in [7, 11) is 0. The summed E-state index contributed by atoms with van der Waals surface area (Å²) in [6, 6.07) is 8.63. The molecule has 0 aliphatic rings. The number of hydrogen-bond donors (Lipinski definition) is 0. The lowest BCUT2D eigenvalue weighted by Gasteiger charge is -2.05. The van der Waals surface area contributed by atoms with Gasteiger partial charge in [0.05, 0.1) is 12.2 Å². The SMILES string of the molecule is Cc1ccc(Cn2nc(C)c(C)c2C)cc1. The molecule has 1 aromatic carbocycles. The highest BCUT2D eigenvalue weighted by molar-refractivity contribution is 5.25. The van der Waals surface area contributed by atoms with Crippen molar-refractivity contribution in [2.45, 2.75) is 34.2 Å². The van der Waals surface area contributed by atoms with E-state index in [-0.39, 0.29) is 0 Å². The van der Waals surface area contributed by atoms with Gasteiger partial charge in [0.15, 0.2) is 0 Å². The molecule has 0 radical (unpaired) electrons. The average molecular weight is 214 g/mol. The molecule has 2 aromatic rings. The number of hydrogen-bond acceptors (Lipinski definition) is 1. The zero-order valence-corrected chi connectivity index (χ0v) is 10.4. The number of benzene rings is 1. The first-order chi connectivity index (χ1) is 7.58. The van der Waals surface area contributed by atoms with Gasteiger partial charge in [0.1, 0.15) is 0 Å². The fourth-order valence-corrected chi connectivity index (χ4v) is 1.81. The zero-order chi connectivity index (χ0) is 11.7. The Balaban J connectivity index is 2.27. The lowest BCUT2D eigenvalue weighted by atomic mass is 10.1. The van der Waals surface area contributed by atoms with E-state index in [4.69, 9.17) is 0 Å². The van der Waals surface area contributed by atoms with E-state index >= 15 is 0 Å². The third kappa shape index (κ3) is 2.01. The molecule has 84 valence electrons. The number of rotatable bonds is 2. The van der Waals surface area contributed by atoms with E-state index in [1.54, 1.807) is 0 Å². The monoisotopic (exact) mass is 214 g/mol. The molecule has 0 amide bonds. The van der Waals surface area contributed by atoms with Crippen molar-refractivity contribution in [3.05, 3.63) is 52.3 Å². The fourth-order valence-electron chi connectivity index (χ4n) is 1.81. The molecule has 0 atom stereocenters. The van der Waals surface area contributed by atoms with Gasteiger partial charge in [-0.15, -0.1) is 0 Å². The molecule has 2 nitrogen and oxygen atoms in total. The summed E-state index contributed by atoms with van der Waals surface area (Å²) in [4.78, 5) is 0. The predicted molar refractivity (Wildman–Crippen MR) is 66.7 cm³/mol. The van der Waals surface area contributed by atoms with E-state index in [0.29, 0.717) is 0 Å². The first kappa shape index (κ1) is 10.9. The van der Waals surface area contributed by atoms with Crippen molar-refractivity contribution < 1.29 is 0 Å². The molecule has 2 heteroatoms. The number of aryl methyl sites for hydroxylation is 2. The van der Waals surface area contributed by atoms with Crippen LogP contribution in [0.5, 0.6) is 0 Å². The standard InChI is InChI=1S/C14H18N2/c1-10-5-7-14(8-6-10)9-16-13(4)11(2)12(3)15-16/h5-8H,9H2,1-4H3. The zero-order valence-electron chi connectivity index (χ0n) is 10.4. The molecule has 0 fully saturated rings. The highest BCUT2D eigenvalue weighted by atomic mass is 15.3. The molecule has 0 saturated heterocycles. The van der Waals surface area contributed by atoms with Gasteiger partial charge in [-0.05, 0) is 38.8 Å². The van der Waals surface area contributed by atoms with Crippen LogP contribution in [0.15, 0.2) is 24.3 Å². The van der Waals surface area contributed by atoms with Crippen molar-refractivity contribution in [3.8, 4) is 0 Å². The van der Waals surface area contributed by atoms with E-state index in [1.165, 1.54) is 22.4 Å². The Morgan fingerprint density at radius 3 is 2.12 bits per heavy atom. The van der Waals surface area contributed by atoms with Gasteiger partial charge in [-0.25, -0.2) is 0 Å². The van der Waals surface area contributed by atoms with E-state index in [0.717, 1.165) is 12.2 Å². The van der Waals surface area contributed by atoms with Crippen LogP contribution in [0.1, 0.15) is 28.1 Å². The second-order valence-corrected chi connectivity index (χ2v) is 4.44. The lowest BCUT2D eigenvalue weighted by Crippen LogP contribution is -2.04. The smallest absolute Gasteiger partial charge is 0.0662 e. The normalized spacial score (nSPS) is 10.8. The summed E-state index contributed by atoms with van der Waals surface area (Å²) in [5, 5.41) is 4.54. The Bertz CT molecular complexity index is 492. The molecule has 0 bridgehead atoms. The molecular weight excluding hydrogens is 196 g/mol. The molecule has 1 heterocycles. The van der Waals surface area contributed by atoms with Gasteiger partial charge in [-0.1, -0.05) is 29.8 Å². The Morgan fingerprint density at radius 1 is 1.00 bits per heavy atom. The van der Waals surface area contributed by atoms with Crippen molar-refractivity contribution in [2.75, 3.05) is 0 Å². The minimum Gasteiger partial charge on any atom is -0.265 e.